The van der Waals surface area contributed by atoms with E-state index in [9.17, 15) is 0 Å². The van der Waals surface area contributed by atoms with E-state index >= 15 is 0 Å². The van der Waals surface area contributed by atoms with Crippen LogP contribution in [0.5, 0.6) is 0 Å². The van der Waals surface area contributed by atoms with Gasteiger partial charge in [0.1, 0.15) is 0 Å². The van der Waals surface area contributed by atoms with Crippen LogP contribution in [-0.4, -0.2) is 11.0 Å². The summed E-state index contributed by atoms with van der Waals surface area (Å²) >= 11 is 2.18. The van der Waals surface area contributed by atoms with Gasteiger partial charge in [-0.05, 0) is 93.3 Å². The molecule has 29 heavy (non-hydrogen) atoms. The van der Waals surface area contributed by atoms with Gasteiger partial charge in [-0.15, -0.1) is 13.2 Å². The van der Waals surface area contributed by atoms with E-state index in [-0.39, 0.29) is 0 Å². The maximum atomic E-state index is 4.30. The van der Waals surface area contributed by atoms with Gasteiger partial charge in [-0.2, -0.15) is 11.8 Å². The van der Waals surface area contributed by atoms with Crippen LogP contribution in [0.25, 0.3) is 0 Å². The first-order chi connectivity index (χ1) is 13.9. The standard InChI is InChI=1S/C26H40S.C2H4/c1-19(2)16-18-27-21(4)24-14-15-25-23(11-8-17-26(24,25)5)13-12-22-10-7-6-9-20(22)3;1-2/h12-14,19,21,25H,3,6-11,15-18H2,1-2,4-5H3;1-2H2/b22-12-,23-13+;. The zero-order valence-corrected chi connectivity index (χ0v) is 20.4. The van der Waals surface area contributed by atoms with Gasteiger partial charge < -0.3 is 0 Å². The molecule has 0 radical (unpaired) electrons. The summed E-state index contributed by atoms with van der Waals surface area (Å²) in [5.41, 5.74) is 6.76. The van der Waals surface area contributed by atoms with Crippen LogP contribution in [0.15, 0.2) is 60.3 Å². The van der Waals surface area contributed by atoms with Crippen LogP contribution in [0.3, 0.4) is 0 Å². The van der Waals surface area contributed by atoms with E-state index in [2.05, 4.69) is 77.4 Å². The van der Waals surface area contributed by atoms with E-state index in [1.54, 1.807) is 11.1 Å². The van der Waals surface area contributed by atoms with E-state index in [0.29, 0.717) is 10.7 Å². The minimum Gasteiger partial charge on any atom is -0.154 e. The van der Waals surface area contributed by atoms with Crippen molar-refractivity contribution in [2.75, 3.05) is 5.75 Å². The summed E-state index contributed by atoms with van der Waals surface area (Å²) in [5.74, 6) is 2.86. The maximum absolute atomic E-state index is 4.30. The molecule has 3 aliphatic carbocycles. The third-order valence-electron chi connectivity index (χ3n) is 7.24. The molecular weight excluding hydrogens is 368 g/mol. The number of fused-ring (bicyclic) bond motifs is 1. The van der Waals surface area contributed by atoms with Crippen molar-refractivity contribution in [3.8, 4) is 0 Å². The highest BCUT2D eigenvalue weighted by Crippen LogP contribution is 2.56. The molecule has 0 spiro atoms. The van der Waals surface area contributed by atoms with Gasteiger partial charge in [-0.3, -0.25) is 0 Å². The first-order valence-electron chi connectivity index (χ1n) is 11.8. The molecule has 0 aromatic heterocycles. The number of hydrogen-bond donors (Lipinski definition) is 0. The molecule has 0 aromatic rings. The second-order valence-corrected chi connectivity index (χ2v) is 11.1. The fraction of sp³-hybridized carbons (Fsp3) is 0.643. The lowest BCUT2D eigenvalue weighted by Gasteiger charge is -2.42. The van der Waals surface area contributed by atoms with Crippen LogP contribution in [0.4, 0.5) is 0 Å². The lowest BCUT2D eigenvalue weighted by molar-refractivity contribution is 0.231. The topological polar surface area (TPSA) is 0 Å². The molecule has 1 heteroatoms. The van der Waals surface area contributed by atoms with Gasteiger partial charge in [0, 0.05) is 5.25 Å². The van der Waals surface area contributed by atoms with Crippen molar-refractivity contribution in [2.45, 2.75) is 90.7 Å². The average molecular weight is 413 g/mol. The third-order valence-corrected chi connectivity index (χ3v) is 8.46. The van der Waals surface area contributed by atoms with Gasteiger partial charge in [0.05, 0.1) is 0 Å². The summed E-state index contributed by atoms with van der Waals surface area (Å²) in [7, 11) is 0. The SMILES string of the molecule is C=C.C=C1CCCC/C1=C/C=C1\CCCC2(C)C(C(C)SCCC(C)C)=CCC12. The Bertz CT molecular complexity index is 647. The van der Waals surface area contributed by atoms with E-state index in [0.717, 1.165) is 11.8 Å². The molecule has 0 N–H and O–H groups in total. The minimum absolute atomic E-state index is 0.399. The van der Waals surface area contributed by atoms with Crippen molar-refractivity contribution in [3.05, 3.63) is 60.3 Å². The van der Waals surface area contributed by atoms with Gasteiger partial charge in [-0.25, -0.2) is 0 Å². The first-order valence-corrected chi connectivity index (χ1v) is 12.9. The molecule has 0 saturated heterocycles. The predicted molar refractivity (Wildman–Crippen MR) is 135 cm³/mol. The molecule has 3 aliphatic rings. The van der Waals surface area contributed by atoms with Crippen LogP contribution < -0.4 is 0 Å². The van der Waals surface area contributed by atoms with Crippen LogP contribution in [0, 0.1) is 17.3 Å². The lowest BCUT2D eigenvalue weighted by Crippen LogP contribution is -2.33. The van der Waals surface area contributed by atoms with E-state index in [1.807, 2.05) is 0 Å². The summed E-state index contributed by atoms with van der Waals surface area (Å²) in [6, 6.07) is 0. The second-order valence-electron chi connectivity index (χ2n) is 9.66. The Morgan fingerprint density at radius 3 is 2.52 bits per heavy atom. The molecule has 0 heterocycles. The summed E-state index contributed by atoms with van der Waals surface area (Å²) in [6.07, 6.45) is 19.3. The van der Waals surface area contributed by atoms with E-state index < -0.39 is 0 Å². The van der Waals surface area contributed by atoms with Crippen molar-refractivity contribution >= 4 is 11.8 Å². The minimum atomic E-state index is 0.399. The van der Waals surface area contributed by atoms with Gasteiger partial charge in [-0.1, -0.05) is 62.3 Å². The highest BCUT2D eigenvalue weighted by atomic mass is 32.2. The van der Waals surface area contributed by atoms with Crippen molar-refractivity contribution in [1.82, 2.24) is 0 Å². The highest BCUT2D eigenvalue weighted by Gasteiger charge is 2.46. The number of rotatable bonds is 6. The third kappa shape index (κ3) is 6.03. The molecule has 2 saturated carbocycles. The molecule has 0 aliphatic heterocycles. The fourth-order valence-corrected chi connectivity index (χ4v) is 6.96. The Morgan fingerprint density at radius 2 is 1.83 bits per heavy atom. The fourth-order valence-electron chi connectivity index (χ4n) is 5.45. The molecule has 162 valence electrons. The molecule has 0 nitrogen and oxygen atoms in total. The van der Waals surface area contributed by atoms with Crippen molar-refractivity contribution in [2.24, 2.45) is 17.3 Å². The Morgan fingerprint density at radius 1 is 1.10 bits per heavy atom. The van der Waals surface area contributed by atoms with Crippen molar-refractivity contribution in [1.29, 1.82) is 0 Å². The molecule has 3 unspecified atom stereocenters. The quantitative estimate of drug-likeness (QED) is 0.392. The van der Waals surface area contributed by atoms with Gasteiger partial charge >= 0.3 is 0 Å². The van der Waals surface area contributed by atoms with Gasteiger partial charge in [0.2, 0.25) is 0 Å². The Kier molecular flexibility index (Phi) is 9.60. The monoisotopic (exact) mass is 412 g/mol. The predicted octanol–water partition coefficient (Wildman–Crippen LogP) is 9.08. The summed E-state index contributed by atoms with van der Waals surface area (Å²) < 4.78 is 0. The summed E-state index contributed by atoms with van der Waals surface area (Å²) in [4.78, 5) is 0. The second kappa shape index (κ2) is 11.4. The Balaban J connectivity index is 0.00000145. The van der Waals surface area contributed by atoms with Crippen LogP contribution in [0.2, 0.25) is 0 Å². The lowest BCUT2D eigenvalue weighted by atomic mass is 9.64. The molecule has 3 rings (SSSR count). The van der Waals surface area contributed by atoms with Crippen molar-refractivity contribution in [3.63, 3.8) is 0 Å². The maximum Gasteiger partial charge on any atom is 0.0233 e. The zero-order chi connectivity index (χ0) is 21.4. The molecule has 0 amide bonds. The highest BCUT2D eigenvalue weighted by molar-refractivity contribution is 8.00. The van der Waals surface area contributed by atoms with E-state index in [1.165, 1.54) is 74.7 Å². The molecule has 3 atom stereocenters. The smallest absolute Gasteiger partial charge is 0.0233 e. The van der Waals surface area contributed by atoms with Gasteiger partial charge in [0.25, 0.3) is 0 Å². The van der Waals surface area contributed by atoms with Gasteiger partial charge in [0.15, 0.2) is 0 Å². The summed E-state index contributed by atoms with van der Waals surface area (Å²) in [6.45, 7) is 20.0. The van der Waals surface area contributed by atoms with E-state index in [4.69, 9.17) is 0 Å². The number of allylic oxidation sites excluding steroid dienone is 6. The number of thioether (sulfide) groups is 1. The van der Waals surface area contributed by atoms with Crippen LogP contribution >= 0.6 is 11.8 Å². The normalized spacial score (nSPS) is 30.7. The number of hydrogen-bond acceptors (Lipinski definition) is 1. The van der Waals surface area contributed by atoms with Crippen molar-refractivity contribution < 1.29 is 0 Å². The zero-order valence-electron chi connectivity index (χ0n) is 19.6. The Labute approximate surface area is 185 Å². The first kappa shape index (κ1) is 24.3. The Hall–Kier alpha value is -0.950. The average Bonchev–Trinajstić information content (AvgIpc) is 3.06. The summed E-state index contributed by atoms with van der Waals surface area (Å²) in [5, 5.41) is 0.676. The molecule has 2 fully saturated rings. The largest absolute Gasteiger partial charge is 0.154 e. The molecule has 0 bridgehead atoms. The molecular formula is C28H44S. The van der Waals surface area contributed by atoms with Crippen LogP contribution in [-0.2, 0) is 0 Å². The molecule has 0 aromatic carbocycles. The van der Waals surface area contributed by atoms with Crippen LogP contribution in [0.1, 0.15) is 85.5 Å².